The van der Waals surface area contributed by atoms with Gasteiger partial charge in [-0.05, 0) is 35.9 Å². The molecule has 0 saturated carbocycles. The van der Waals surface area contributed by atoms with Gasteiger partial charge in [0.1, 0.15) is 6.61 Å². The largest absolute Gasteiger partial charge is 0.481 e. The zero-order valence-electron chi connectivity index (χ0n) is 16.8. The van der Waals surface area contributed by atoms with Gasteiger partial charge >= 0.3 is 11.9 Å². The topological polar surface area (TPSA) is 128 Å². The molecule has 9 nitrogen and oxygen atoms in total. The van der Waals surface area contributed by atoms with Gasteiger partial charge in [0.25, 0.3) is 5.56 Å². The summed E-state index contributed by atoms with van der Waals surface area (Å²) < 4.78 is 6.26. The first-order chi connectivity index (χ1) is 15.3. The van der Waals surface area contributed by atoms with Crippen molar-refractivity contribution in [3.63, 3.8) is 0 Å². The van der Waals surface area contributed by atoms with Gasteiger partial charge in [0.2, 0.25) is 5.78 Å². The van der Waals surface area contributed by atoms with Crippen molar-refractivity contribution in [3.8, 4) is 5.69 Å². The van der Waals surface area contributed by atoms with Crippen LogP contribution in [0.15, 0.2) is 41.2 Å². The number of carbonyl (C=O) groups is 3. The van der Waals surface area contributed by atoms with Crippen molar-refractivity contribution in [1.82, 2.24) is 14.9 Å². The Bertz CT molecular complexity index is 1320. The van der Waals surface area contributed by atoms with Crippen LogP contribution < -0.4 is 10.9 Å². The predicted octanol–water partition coefficient (Wildman–Crippen LogP) is 2.08. The standard InChI is InChI=1S/C22H18ClN3O6/c23-13-2-4-17-15(10-13)20(30)21-25-16-9-12(1-3-14(16)22(31)26(17)21)11-24-7-8-32-19(29)6-5-18(27)28/h1-4,9-10,24H,5-8,11H2,(H,27,28). The highest BCUT2D eigenvalue weighted by Gasteiger charge is 2.30. The molecule has 2 heterocycles. The SMILES string of the molecule is O=C(O)CCC(=O)OCCNCc1ccc2c(=O)n3c(nc2c1)C(=O)c1cc(Cl)ccc1-3. The number of benzene rings is 2. The second-order valence-corrected chi connectivity index (χ2v) is 7.65. The van der Waals surface area contributed by atoms with Gasteiger partial charge in [-0.25, -0.2) is 4.98 Å². The van der Waals surface area contributed by atoms with E-state index in [0.29, 0.717) is 40.3 Å². The summed E-state index contributed by atoms with van der Waals surface area (Å²) in [5.74, 6) is -1.91. The van der Waals surface area contributed by atoms with Crippen molar-refractivity contribution in [2.24, 2.45) is 0 Å². The summed E-state index contributed by atoms with van der Waals surface area (Å²) in [7, 11) is 0. The number of nitrogens with zero attached hydrogens (tertiary/aromatic N) is 2. The molecule has 0 unspecified atom stereocenters. The smallest absolute Gasteiger partial charge is 0.306 e. The summed E-state index contributed by atoms with van der Waals surface area (Å²) in [6.45, 7) is 0.895. The van der Waals surface area contributed by atoms with Crippen LogP contribution in [0.5, 0.6) is 0 Å². The van der Waals surface area contributed by atoms with Crippen LogP contribution in [0.4, 0.5) is 0 Å². The Morgan fingerprint density at radius 3 is 2.72 bits per heavy atom. The summed E-state index contributed by atoms with van der Waals surface area (Å²) in [4.78, 5) is 52.0. The summed E-state index contributed by atoms with van der Waals surface area (Å²) in [5, 5.41) is 12.4. The number of carboxylic acid groups (broad SMARTS) is 1. The molecule has 0 radical (unpaired) electrons. The number of ether oxygens (including phenoxy) is 1. The molecule has 0 bridgehead atoms. The third-order valence-electron chi connectivity index (χ3n) is 5.00. The van der Waals surface area contributed by atoms with E-state index in [-0.39, 0.29) is 36.6 Å². The molecule has 0 fully saturated rings. The highest BCUT2D eigenvalue weighted by molar-refractivity contribution is 6.31. The fourth-order valence-corrected chi connectivity index (χ4v) is 3.65. The third-order valence-corrected chi connectivity index (χ3v) is 5.23. The van der Waals surface area contributed by atoms with E-state index in [4.69, 9.17) is 21.4 Å². The lowest BCUT2D eigenvalue weighted by Gasteiger charge is -2.09. The zero-order valence-corrected chi connectivity index (χ0v) is 17.5. The molecule has 164 valence electrons. The Labute approximate surface area is 186 Å². The number of hydrogen-bond acceptors (Lipinski definition) is 7. The molecular weight excluding hydrogens is 438 g/mol. The third kappa shape index (κ3) is 4.25. The number of aromatic nitrogens is 2. The number of carboxylic acids is 1. The normalized spacial score (nSPS) is 12.0. The minimum absolute atomic E-state index is 0.0538. The molecule has 1 aliphatic rings. The molecule has 0 amide bonds. The van der Waals surface area contributed by atoms with Crippen molar-refractivity contribution in [2.75, 3.05) is 13.2 Å². The van der Waals surface area contributed by atoms with Crippen LogP contribution in [-0.2, 0) is 20.9 Å². The molecule has 0 atom stereocenters. The van der Waals surface area contributed by atoms with Crippen LogP contribution in [0.25, 0.3) is 16.6 Å². The minimum atomic E-state index is -1.05. The van der Waals surface area contributed by atoms with E-state index in [9.17, 15) is 19.2 Å². The molecule has 0 aliphatic carbocycles. The van der Waals surface area contributed by atoms with Crippen molar-refractivity contribution in [1.29, 1.82) is 0 Å². The van der Waals surface area contributed by atoms with Gasteiger partial charge in [-0.3, -0.25) is 23.7 Å². The van der Waals surface area contributed by atoms with E-state index in [1.54, 1.807) is 30.3 Å². The first-order valence-electron chi connectivity index (χ1n) is 9.83. The number of nitrogens with one attached hydrogen (secondary N) is 1. The molecule has 10 heteroatoms. The monoisotopic (exact) mass is 455 g/mol. The number of ketones is 1. The molecule has 1 aromatic heterocycles. The molecule has 2 aromatic carbocycles. The fraction of sp³-hybridized carbons (Fsp3) is 0.227. The van der Waals surface area contributed by atoms with Gasteiger partial charge in [-0.15, -0.1) is 0 Å². The van der Waals surface area contributed by atoms with E-state index < -0.39 is 11.9 Å². The molecule has 3 aromatic rings. The van der Waals surface area contributed by atoms with Crippen LogP contribution in [0.1, 0.15) is 34.6 Å². The Balaban J connectivity index is 1.45. The minimum Gasteiger partial charge on any atom is -0.481 e. The van der Waals surface area contributed by atoms with Gasteiger partial charge in [-0.1, -0.05) is 17.7 Å². The lowest BCUT2D eigenvalue weighted by atomic mass is 10.1. The maximum atomic E-state index is 13.0. The molecule has 2 N–H and O–H groups in total. The van der Waals surface area contributed by atoms with Crippen LogP contribution in [-0.4, -0.2) is 45.5 Å². The van der Waals surface area contributed by atoms with E-state index in [1.807, 2.05) is 0 Å². The average Bonchev–Trinajstić information content (AvgIpc) is 3.03. The van der Waals surface area contributed by atoms with E-state index in [1.165, 1.54) is 10.6 Å². The second-order valence-electron chi connectivity index (χ2n) is 7.21. The number of hydrogen-bond donors (Lipinski definition) is 2. The number of fused-ring (bicyclic) bond motifs is 4. The lowest BCUT2D eigenvalue weighted by molar-refractivity contribution is -0.147. The predicted molar refractivity (Wildman–Crippen MR) is 115 cm³/mol. The molecule has 32 heavy (non-hydrogen) atoms. The van der Waals surface area contributed by atoms with Crippen molar-refractivity contribution >= 4 is 40.2 Å². The number of aliphatic carboxylic acids is 1. The van der Waals surface area contributed by atoms with Crippen LogP contribution >= 0.6 is 11.6 Å². The van der Waals surface area contributed by atoms with Gasteiger partial charge in [-0.2, -0.15) is 0 Å². The Morgan fingerprint density at radius 1 is 1.12 bits per heavy atom. The van der Waals surface area contributed by atoms with Gasteiger partial charge < -0.3 is 15.2 Å². The number of rotatable bonds is 8. The number of carbonyl (C=O) groups excluding carboxylic acids is 2. The Kier molecular flexibility index (Phi) is 6.02. The van der Waals surface area contributed by atoms with Crippen LogP contribution in [0.3, 0.4) is 0 Å². The van der Waals surface area contributed by atoms with E-state index in [2.05, 4.69) is 10.3 Å². The Hall–Kier alpha value is -3.56. The number of esters is 1. The maximum absolute atomic E-state index is 13.0. The molecular formula is C22H18ClN3O6. The summed E-state index contributed by atoms with van der Waals surface area (Å²) in [6, 6.07) is 9.96. The van der Waals surface area contributed by atoms with Gasteiger partial charge in [0, 0.05) is 18.1 Å². The van der Waals surface area contributed by atoms with Crippen LogP contribution in [0.2, 0.25) is 5.02 Å². The van der Waals surface area contributed by atoms with Gasteiger partial charge in [0.15, 0.2) is 5.82 Å². The van der Waals surface area contributed by atoms with E-state index >= 15 is 0 Å². The molecule has 4 rings (SSSR count). The summed E-state index contributed by atoms with van der Waals surface area (Å²) in [6.07, 6.45) is -0.430. The molecule has 1 aliphatic heterocycles. The zero-order chi connectivity index (χ0) is 22.8. The van der Waals surface area contributed by atoms with E-state index in [0.717, 1.165) is 5.56 Å². The highest BCUT2D eigenvalue weighted by Crippen LogP contribution is 2.28. The lowest BCUT2D eigenvalue weighted by Crippen LogP contribution is -2.22. The fourth-order valence-electron chi connectivity index (χ4n) is 3.47. The summed E-state index contributed by atoms with van der Waals surface area (Å²) >= 11 is 6.00. The van der Waals surface area contributed by atoms with Crippen molar-refractivity contribution in [2.45, 2.75) is 19.4 Å². The summed E-state index contributed by atoms with van der Waals surface area (Å²) in [5.41, 5.74) is 1.73. The first kappa shape index (κ1) is 21.7. The first-order valence-corrected chi connectivity index (χ1v) is 10.2. The highest BCUT2D eigenvalue weighted by atomic mass is 35.5. The van der Waals surface area contributed by atoms with Gasteiger partial charge in [0.05, 0.1) is 35.0 Å². The maximum Gasteiger partial charge on any atom is 0.306 e. The molecule has 0 saturated heterocycles. The van der Waals surface area contributed by atoms with Crippen molar-refractivity contribution in [3.05, 3.63) is 68.7 Å². The quantitative estimate of drug-likeness (QED) is 0.305. The number of halogens is 1. The van der Waals surface area contributed by atoms with Crippen LogP contribution in [0, 0.1) is 0 Å². The molecule has 0 spiro atoms. The second kappa shape index (κ2) is 8.89. The van der Waals surface area contributed by atoms with Crippen molar-refractivity contribution < 1.29 is 24.2 Å². The average molecular weight is 456 g/mol. The Morgan fingerprint density at radius 2 is 1.94 bits per heavy atom.